The first kappa shape index (κ1) is 17.8. The topological polar surface area (TPSA) is 42.2 Å². The molecule has 1 heterocycles. The van der Waals surface area contributed by atoms with Gasteiger partial charge in [0.15, 0.2) is 0 Å². The first-order chi connectivity index (χ1) is 12.4. The highest BCUT2D eigenvalue weighted by molar-refractivity contribution is 5.68. The molecule has 3 rings (SSSR count). The number of nitrogens with zero attached hydrogens (tertiary/aromatic N) is 1. The smallest absolute Gasteiger partial charge is 0.416 e. The van der Waals surface area contributed by atoms with Gasteiger partial charge in [0.05, 0.1) is 17.7 Å². The van der Waals surface area contributed by atoms with Crippen LogP contribution in [0.4, 0.5) is 13.2 Å². The maximum absolute atomic E-state index is 13.1. The van der Waals surface area contributed by atoms with Crippen LogP contribution in [0.2, 0.25) is 0 Å². The van der Waals surface area contributed by atoms with Crippen molar-refractivity contribution in [2.75, 3.05) is 0 Å². The number of rotatable bonds is 5. The van der Waals surface area contributed by atoms with E-state index < -0.39 is 17.7 Å². The van der Waals surface area contributed by atoms with Gasteiger partial charge in [-0.25, -0.2) is 0 Å². The number of aryl methyl sites for hydroxylation is 1. The molecule has 0 aliphatic rings. The Kier molecular flexibility index (Phi) is 4.84. The average molecular weight is 359 g/mol. The third-order valence-electron chi connectivity index (χ3n) is 4.06. The van der Waals surface area contributed by atoms with Gasteiger partial charge in [-0.2, -0.15) is 13.2 Å². The Hall–Kier alpha value is -3.02. The Morgan fingerprint density at radius 1 is 0.962 bits per heavy atom. The standard InChI is InChI=1S/C20H16F3NO2/c21-20(22,23)15-7-4-8-17(13-15)24-16(10-12-19(25)26)9-11-18(24)14-5-2-1-3-6-14/h1-9,11,13H,10,12H2,(H,25,26). The van der Waals surface area contributed by atoms with E-state index in [4.69, 9.17) is 5.11 Å². The van der Waals surface area contributed by atoms with Crippen LogP contribution in [0.1, 0.15) is 17.7 Å². The first-order valence-corrected chi connectivity index (χ1v) is 8.02. The molecular weight excluding hydrogens is 343 g/mol. The highest BCUT2D eigenvalue weighted by Crippen LogP contribution is 2.33. The van der Waals surface area contributed by atoms with Crippen LogP contribution in [0.15, 0.2) is 66.7 Å². The lowest BCUT2D eigenvalue weighted by Gasteiger charge is -2.16. The Morgan fingerprint density at radius 2 is 1.69 bits per heavy atom. The van der Waals surface area contributed by atoms with Crippen LogP contribution in [0.5, 0.6) is 0 Å². The molecule has 0 unspecified atom stereocenters. The fourth-order valence-electron chi connectivity index (χ4n) is 2.87. The molecule has 1 N–H and O–H groups in total. The largest absolute Gasteiger partial charge is 0.481 e. The van der Waals surface area contributed by atoms with Gasteiger partial charge in [0.2, 0.25) is 0 Å². The molecule has 0 bridgehead atoms. The minimum absolute atomic E-state index is 0.1000. The molecule has 0 saturated carbocycles. The summed E-state index contributed by atoms with van der Waals surface area (Å²) >= 11 is 0. The highest BCUT2D eigenvalue weighted by Gasteiger charge is 2.30. The molecule has 0 saturated heterocycles. The predicted molar refractivity (Wildman–Crippen MR) is 92.2 cm³/mol. The van der Waals surface area contributed by atoms with E-state index in [9.17, 15) is 18.0 Å². The number of hydrogen-bond donors (Lipinski definition) is 1. The zero-order valence-electron chi connectivity index (χ0n) is 13.7. The van der Waals surface area contributed by atoms with Crippen LogP contribution in [0, 0.1) is 0 Å². The zero-order chi connectivity index (χ0) is 18.7. The van der Waals surface area contributed by atoms with Crippen molar-refractivity contribution in [1.29, 1.82) is 0 Å². The number of carboxylic acids is 1. The van der Waals surface area contributed by atoms with Crippen molar-refractivity contribution in [3.05, 3.63) is 78.0 Å². The molecule has 3 nitrogen and oxygen atoms in total. The zero-order valence-corrected chi connectivity index (χ0v) is 13.7. The Labute approximate surface area is 148 Å². The van der Waals surface area contributed by atoms with E-state index in [0.717, 1.165) is 17.7 Å². The molecule has 1 aromatic heterocycles. The number of benzene rings is 2. The van der Waals surface area contributed by atoms with Crippen molar-refractivity contribution in [2.24, 2.45) is 0 Å². The summed E-state index contributed by atoms with van der Waals surface area (Å²) in [7, 11) is 0. The molecule has 0 amide bonds. The van der Waals surface area contributed by atoms with Gasteiger partial charge in [-0.1, -0.05) is 36.4 Å². The van der Waals surface area contributed by atoms with Crippen LogP contribution in [-0.4, -0.2) is 15.6 Å². The molecule has 0 aliphatic heterocycles. The normalized spacial score (nSPS) is 11.5. The molecular formula is C20H16F3NO2. The predicted octanol–water partition coefficient (Wildman–Crippen LogP) is 5.18. The molecule has 0 atom stereocenters. The second-order valence-corrected chi connectivity index (χ2v) is 5.85. The van der Waals surface area contributed by atoms with Gasteiger partial charge in [0.1, 0.15) is 0 Å². The van der Waals surface area contributed by atoms with E-state index in [-0.39, 0.29) is 12.8 Å². The summed E-state index contributed by atoms with van der Waals surface area (Å²) in [6, 6.07) is 17.9. The summed E-state index contributed by atoms with van der Waals surface area (Å²) in [6.07, 6.45) is -4.33. The third-order valence-corrected chi connectivity index (χ3v) is 4.06. The lowest BCUT2D eigenvalue weighted by Crippen LogP contribution is -2.08. The van der Waals surface area contributed by atoms with Gasteiger partial charge >= 0.3 is 12.1 Å². The lowest BCUT2D eigenvalue weighted by atomic mass is 10.1. The van der Waals surface area contributed by atoms with Crippen LogP contribution < -0.4 is 0 Å². The van der Waals surface area contributed by atoms with E-state index in [0.29, 0.717) is 17.1 Å². The second kappa shape index (κ2) is 7.07. The maximum Gasteiger partial charge on any atom is 0.416 e. The highest BCUT2D eigenvalue weighted by atomic mass is 19.4. The number of alkyl halides is 3. The molecule has 0 aliphatic carbocycles. The monoisotopic (exact) mass is 359 g/mol. The number of carboxylic acid groups (broad SMARTS) is 1. The van der Waals surface area contributed by atoms with Gasteiger partial charge in [0, 0.05) is 11.4 Å². The van der Waals surface area contributed by atoms with Crippen molar-refractivity contribution in [3.8, 4) is 16.9 Å². The van der Waals surface area contributed by atoms with Crippen LogP contribution >= 0.6 is 0 Å². The quantitative estimate of drug-likeness (QED) is 0.682. The molecule has 0 spiro atoms. The summed E-state index contributed by atoms with van der Waals surface area (Å²) in [4.78, 5) is 10.9. The second-order valence-electron chi connectivity index (χ2n) is 5.85. The Balaban J connectivity index is 2.14. The van der Waals surface area contributed by atoms with Crippen molar-refractivity contribution < 1.29 is 23.1 Å². The average Bonchev–Trinajstić information content (AvgIpc) is 3.04. The minimum atomic E-state index is -4.45. The Morgan fingerprint density at radius 3 is 2.35 bits per heavy atom. The van der Waals surface area contributed by atoms with Crippen LogP contribution in [-0.2, 0) is 17.4 Å². The molecule has 134 valence electrons. The van der Waals surface area contributed by atoms with Gasteiger partial charge in [-0.3, -0.25) is 4.79 Å². The summed E-state index contributed by atoms with van der Waals surface area (Å²) in [5.41, 5.74) is 1.80. The van der Waals surface area contributed by atoms with Crippen molar-refractivity contribution in [1.82, 2.24) is 4.57 Å². The SMILES string of the molecule is O=C(O)CCc1ccc(-c2ccccc2)n1-c1cccc(C(F)(F)F)c1. The maximum atomic E-state index is 13.1. The third kappa shape index (κ3) is 3.79. The molecule has 26 heavy (non-hydrogen) atoms. The van der Waals surface area contributed by atoms with Crippen molar-refractivity contribution in [3.63, 3.8) is 0 Å². The number of aromatic nitrogens is 1. The lowest BCUT2D eigenvalue weighted by molar-refractivity contribution is -0.138. The van der Waals surface area contributed by atoms with Crippen molar-refractivity contribution in [2.45, 2.75) is 19.0 Å². The molecule has 0 radical (unpaired) electrons. The fraction of sp³-hybridized carbons (Fsp3) is 0.150. The summed E-state index contributed by atoms with van der Waals surface area (Å²) in [5.74, 6) is -0.956. The number of halogens is 3. The van der Waals surface area contributed by atoms with Crippen molar-refractivity contribution >= 4 is 5.97 Å². The molecule has 6 heteroatoms. The van der Waals surface area contributed by atoms with Gasteiger partial charge in [0.25, 0.3) is 0 Å². The van der Waals surface area contributed by atoms with E-state index in [1.807, 2.05) is 30.3 Å². The van der Waals surface area contributed by atoms with Gasteiger partial charge in [-0.15, -0.1) is 0 Å². The Bertz CT molecular complexity index is 914. The van der Waals surface area contributed by atoms with Crippen LogP contribution in [0.3, 0.4) is 0 Å². The number of hydrogen-bond acceptors (Lipinski definition) is 1. The molecule has 2 aromatic carbocycles. The molecule has 0 fully saturated rings. The summed E-state index contributed by atoms with van der Waals surface area (Å²) in [5, 5.41) is 8.95. The van der Waals surface area contributed by atoms with E-state index in [1.54, 1.807) is 22.8 Å². The van der Waals surface area contributed by atoms with E-state index in [1.165, 1.54) is 6.07 Å². The first-order valence-electron chi connectivity index (χ1n) is 8.02. The van der Waals surface area contributed by atoms with Gasteiger partial charge in [-0.05, 0) is 42.3 Å². The van der Waals surface area contributed by atoms with Crippen LogP contribution in [0.25, 0.3) is 16.9 Å². The molecule has 3 aromatic rings. The van der Waals surface area contributed by atoms with E-state index >= 15 is 0 Å². The summed E-state index contributed by atoms with van der Waals surface area (Å²) < 4.78 is 41.0. The minimum Gasteiger partial charge on any atom is -0.481 e. The summed E-state index contributed by atoms with van der Waals surface area (Å²) in [6.45, 7) is 0. The number of carbonyl (C=O) groups is 1. The van der Waals surface area contributed by atoms with Gasteiger partial charge < -0.3 is 9.67 Å². The number of aliphatic carboxylic acids is 1. The van der Waals surface area contributed by atoms with E-state index in [2.05, 4.69) is 0 Å². The fourth-order valence-corrected chi connectivity index (χ4v) is 2.87.